The van der Waals surface area contributed by atoms with E-state index in [0.29, 0.717) is 24.9 Å². The van der Waals surface area contributed by atoms with Crippen LogP contribution in [0.5, 0.6) is 0 Å². The monoisotopic (exact) mass is 270 g/mol. The van der Waals surface area contributed by atoms with Crippen LogP contribution in [0.1, 0.15) is 64.2 Å². The summed E-state index contributed by atoms with van der Waals surface area (Å²) in [6.45, 7) is 0.322. The van der Waals surface area contributed by atoms with E-state index in [1.165, 1.54) is 19.3 Å². The first-order valence-electron chi connectivity index (χ1n) is 7.94. The normalized spacial score (nSPS) is 39.9. The molecule has 1 N–H and O–H groups in total. The minimum atomic E-state index is -0.695. The van der Waals surface area contributed by atoms with Crippen molar-refractivity contribution >= 4 is 0 Å². The number of aliphatic hydroxyl groups is 1. The third-order valence-corrected chi connectivity index (χ3v) is 4.51. The Hall–Kier alpha value is -0.160. The lowest BCUT2D eigenvalue weighted by molar-refractivity contribution is -0.495. The maximum absolute atomic E-state index is 8.72. The molecule has 1 saturated carbocycles. The van der Waals surface area contributed by atoms with Gasteiger partial charge in [-0.2, -0.15) is 0 Å². The minimum Gasteiger partial charge on any atom is -0.396 e. The Labute approximate surface area is 115 Å². The van der Waals surface area contributed by atoms with Crippen molar-refractivity contribution in [3.63, 3.8) is 0 Å². The summed E-state index contributed by atoms with van der Waals surface area (Å²) in [6, 6.07) is 0. The predicted octanol–water partition coefficient (Wildman–Crippen LogP) is 2.73. The summed E-state index contributed by atoms with van der Waals surface area (Å²) in [7, 11) is 0. The van der Waals surface area contributed by atoms with Crippen molar-refractivity contribution in [3.05, 3.63) is 0 Å². The van der Waals surface area contributed by atoms with Crippen molar-refractivity contribution in [2.45, 2.75) is 88.5 Å². The molecule has 0 unspecified atom stereocenters. The molecule has 0 spiro atoms. The van der Waals surface area contributed by atoms with Crippen LogP contribution in [-0.2, 0) is 14.2 Å². The Bertz CT molecular complexity index is 257. The van der Waals surface area contributed by atoms with Crippen LogP contribution in [0.15, 0.2) is 0 Å². The van der Waals surface area contributed by atoms with E-state index in [-0.39, 0.29) is 0 Å². The first-order valence-corrected chi connectivity index (χ1v) is 7.94. The van der Waals surface area contributed by atoms with Gasteiger partial charge in [0.05, 0.1) is 18.3 Å². The number of rotatable bonds is 8. The Morgan fingerprint density at radius 1 is 0.737 bits per heavy atom. The van der Waals surface area contributed by atoms with E-state index in [9.17, 15) is 0 Å². The molecule has 0 aromatic heterocycles. The van der Waals surface area contributed by atoms with Crippen LogP contribution in [0, 0.1) is 0 Å². The summed E-state index contributed by atoms with van der Waals surface area (Å²) < 4.78 is 17.9. The van der Waals surface area contributed by atoms with E-state index >= 15 is 0 Å². The molecule has 3 heterocycles. The van der Waals surface area contributed by atoms with Gasteiger partial charge in [-0.05, 0) is 12.8 Å². The molecule has 4 nitrogen and oxygen atoms in total. The maximum Gasteiger partial charge on any atom is 0.283 e. The topological polar surface area (TPSA) is 47.9 Å². The van der Waals surface area contributed by atoms with E-state index < -0.39 is 5.97 Å². The van der Waals surface area contributed by atoms with Gasteiger partial charge in [-0.3, -0.25) is 0 Å². The molecule has 0 aromatic rings. The third-order valence-electron chi connectivity index (χ3n) is 4.51. The number of hydrogen-bond donors (Lipinski definition) is 1. The molecular weight excluding hydrogens is 244 g/mol. The molecular formula is C15H26O4. The average Bonchev–Trinajstić information content (AvgIpc) is 2.36. The van der Waals surface area contributed by atoms with Gasteiger partial charge in [0.1, 0.15) is 0 Å². The van der Waals surface area contributed by atoms with E-state index in [2.05, 4.69) is 0 Å². The summed E-state index contributed by atoms with van der Waals surface area (Å²) >= 11 is 0. The smallest absolute Gasteiger partial charge is 0.283 e. The Morgan fingerprint density at radius 3 is 1.74 bits per heavy atom. The van der Waals surface area contributed by atoms with Gasteiger partial charge < -0.3 is 19.3 Å². The molecule has 19 heavy (non-hydrogen) atoms. The highest BCUT2D eigenvalue weighted by Gasteiger charge is 2.54. The van der Waals surface area contributed by atoms with Crippen LogP contribution in [0.25, 0.3) is 0 Å². The molecule has 110 valence electrons. The van der Waals surface area contributed by atoms with E-state index in [0.717, 1.165) is 44.9 Å². The van der Waals surface area contributed by atoms with Gasteiger partial charge in [0, 0.05) is 32.3 Å². The highest BCUT2D eigenvalue weighted by atomic mass is 16.9. The molecule has 0 radical (unpaired) electrons. The van der Waals surface area contributed by atoms with Gasteiger partial charge in [0.25, 0.3) is 5.97 Å². The molecule has 3 saturated heterocycles. The quantitative estimate of drug-likeness (QED) is 0.689. The van der Waals surface area contributed by atoms with Crippen molar-refractivity contribution in [2.75, 3.05) is 6.61 Å². The second-order valence-corrected chi connectivity index (χ2v) is 6.20. The summed E-state index contributed by atoms with van der Waals surface area (Å²) in [5.41, 5.74) is 0. The maximum atomic E-state index is 8.72. The SMILES string of the molecule is OCCCCCCCCC12OC3CC(CC(C3)O1)O2. The number of unbranched alkanes of at least 4 members (excludes halogenated alkanes) is 5. The Morgan fingerprint density at radius 2 is 1.21 bits per heavy atom. The Balaban J connectivity index is 1.36. The third kappa shape index (κ3) is 3.30. The number of hydrogen-bond acceptors (Lipinski definition) is 4. The van der Waals surface area contributed by atoms with Crippen LogP contribution in [-0.4, -0.2) is 36.0 Å². The molecule has 0 atom stereocenters. The summed E-state index contributed by atoms with van der Waals surface area (Å²) in [5.74, 6) is -0.695. The molecule has 1 aliphatic carbocycles. The zero-order valence-corrected chi connectivity index (χ0v) is 11.7. The lowest BCUT2D eigenvalue weighted by Crippen LogP contribution is -2.62. The molecule has 4 heteroatoms. The highest BCUT2D eigenvalue weighted by Crippen LogP contribution is 2.46. The minimum absolute atomic E-state index is 0.322. The van der Waals surface area contributed by atoms with Crippen LogP contribution < -0.4 is 0 Å². The van der Waals surface area contributed by atoms with Crippen LogP contribution in [0.3, 0.4) is 0 Å². The van der Waals surface area contributed by atoms with Crippen molar-refractivity contribution in [3.8, 4) is 0 Å². The molecule has 4 fully saturated rings. The van der Waals surface area contributed by atoms with Gasteiger partial charge in [-0.25, -0.2) is 0 Å². The zero-order valence-electron chi connectivity index (χ0n) is 11.7. The second kappa shape index (κ2) is 6.08. The fourth-order valence-electron chi connectivity index (χ4n) is 3.64. The van der Waals surface area contributed by atoms with Crippen molar-refractivity contribution in [1.29, 1.82) is 0 Å². The van der Waals surface area contributed by atoms with E-state index in [1.807, 2.05) is 0 Å². The van der Waals surface area contributed by atoms with Gasteiger partial charge in [-0.1, -0.05) is 25.7 Å². The zero-order chi connectivity index (χ0) is 13.1. The van der Waals surface area contributed by atoms with Crippen molar-refractivity contribution in [2.24, 2.45) is 0 Å². The number of aliphatic hydroxyl groups excluding tert-OH is 1. The highest BCUT2D eigenvalue weighted by molar-refractivity contribution is 4.91. The first kappa shape index (κ1) is 13.8. The van der Waals surface area contributed by atoms with E-state index in [4.69, 9.17) is 19.3 Å². The van der Waals surface area contributed by atoms with Crippen LogP contribution in [0.4, 0.5) is 0 Å². The summed E-state index contributed by atoms with van der Waals surface area (Å²) in [6.07, 6.45) is 12.0. The van der Waals surface area contributed by atoms with Crippen molar-refractivity contribution in [1.82, 2.24) is 0 Å². The molecule has 3 aliphatic heterocycles. The van der Waals surface area contributed by atoms with Crippen LogP contribution in [0.2, 0.25) is 0 Å². The van der Waals surface area contributed by atoms with Gasteiger partial charge in [-0.15, -0.1) is 0 Å². The average molecular weight is 270 g/mol. The molecule has 4 aliphatic rings. The van der Waals surface area contributed by atoms with Gasteiger partial charge >= 0.3 is 0 Å². The van der Waals surface area contributed by atoms with E-state index in [1.54, 1.807) is 0 Å². The fourth-order valence-corrected chi connectivity index (χ4v) is 3.64. The molecule has 0 aromatic carbocycles. The lowest BCUT2D eigenvalue weighted by Gasteiger charge is -2.55. The van der Waals surface area contributed by atoms with Crippen molar-refractivity contribution < 1.29 is 19.3 Å². The largest absolute Gasteiger partial charge is 0.396 e. The second-order valence-electron chi connectivity index (χ2n) is 6.20. The summed E-state index contributed by atoms with van der Waals surface area (Å²) in [5, 5.41) is 8.72. The fraction of sp³-hybridized carbons (Fsp3) is 1.00. The molecule has 0 amide bonds. The lowest BCUT2D eigenvalue weighted by atomic mass is 9.88. The molecule has 4 bridgehead atoms. The van der Waals surface area contributed by atoms with Gasteiger partial charge in [0.15, 0.2) is 0 Å². The molecule has 4 rings (SSSR count). The van der Waals surface area contributed by atoms with Gasteiger partial charge in [0.2, 0.25) is 0 Å². The predicted molar refractivity (Wildman–Crippen MR) is 70.6 cm³/mol. The summed E-state index contributed by atoms with van der Waals surface area (Å²) in [4.78, 5) is 0. The van der Waals surface area contributed by atoms with Crippen LogP contribution >= 0.6 is 0 Å². The first-order chi connectivity index (χ1) is 9.30. The number of ether oxygens (including phenoxy) is 3. The standard InChI is InChI=1S/C15H26O4/c16-8-6-4-2-1-3-5-7-15-17-12-9-13(18-15)11-14(10-12)19-15/h12-14,16H,1-11H2. The Kier molecular flexibility index (Phi) is 4.42.